The Kier molecular flexibility index (Phi) is 69.9. The van der Waals surface area contributed by atoms with Crippen LogP contribution >= 0.6 is 15.6 Å². The van der Waals surface area contributed by atoms with Crippen molar-refractivity contribution in [3.8, 4) is 0 Å². The van der Waals surface area contributed by atoms with Gasteiger partial charge < -0.3 is 33.8 Å². The predicted octanol–water partition coefficient (Wildman–Crippen LogP) is 24.1. The van der Waals surface area contributed by atoms with Gasteiger partial charge in [0.1, 0.15) is 19.3 Å². The van der Waals surface area contributed by atoms with Crippen molar-refractivity contribution < 1.29 is 80.2 Å². The van der Waals surface area contributed by atoms with Crippen LogP contribution in [-0.4, -0.2) is 96.7 Å². The van der Waals surface area contributed by atoms with E-state index in [0.717, 1.165) is 108 Å². The molecule has 17 nitrogen and oxygen atoms in total. The first-order valence-electron chi connectivity index (χ1n) is 41.9. The number of phosphoric acid groups is 2. The molecule has 0 saturated heterocycles. The second-order valence-electron chi connectivity index (χ2n) is 30.4. The highest BCUT2D eigenvalue weighted by atomic mass is 31.2. The molecule has 3 unspecified atom stereocenters. The molecule has 0 rings (SSSR count). The van der Waals surface area contributed by atoms with Crippen molar-refractivity contribution >= 4 is 39.5 Å². The molecule has 0 saturated carbocycles. The van der Waals surface area contributed by atoms with Crippen molar-refractivity contribution in [2.75, 3.05) is 39.6 Å². The number of ether oxygens (including phenoxy) is 4. The van der Waals surface area contributed by atoms with E-state index in [-0.39, 0.29) is 25.7 Å². The van der Waals surface area contributed by atoms with Gasteiger partial charge in [0, 0.05) is 25.7 Å². The standard InChI is InChI=1S/C81H158O17P2/c1-8-10-11-12-13-14-15-16-17-18-19-20-21-22-23-28-34-43-50-57-64-80(85)97-76(68-91-78(83)62-55-48-41-33-27-25-24-26-31-38-45-52-59-72(3)4)70-95-99(87,88)93-66-75(82)67-94-100(89,90)96-71-77(69-92-79(84)63-56-49-42-37-36-40-47-54-61-74(7)9-2)98-81(86)65-58-51-44-35-30-29-32-39-46-53-60-73(5)6/h72-77,82H,8-71H2,1-7H3,(H,87,88)(H,89,90)/t74?,75-,76-,77-/m1/s1. The Bertz CT molecular complexity index is 1940. The van der Waals surface area contributed by atoms with Gasteiger partial charge in [0.05, 0.1) is 26.4 Å². The van der Waals surface area contributed by atoms with E-state index in [1.807, 2.05) is 0 Å². The van der Waals surface area contributed by atoms with E-state index in [1.165, 1.54) is 231 Å². The molecule has 6 atom stereocenters. The van der Waals surface area contributed by atoms with Gasteiger partial charge in [0.2, 0.25) is 0 Å². The third-order valence-electron chi connectivity index (χ3n) is 19.2. The molecule has 0 aliphatic carbocycles. The molecule has 0 spiro atoms. The zero-order chi connectivity index (χ0) is 73.7. The molecule has 19 heteroatoms. The van der Waals surface area contributed by atoms with E-state index in [4.69, 9.17) is 37.0 Å². The van der Waals surface area contributed by atoms with Crippen LogP contribution in [0.25, 0.3) is 0 Å². The number of carbonyl (C=O) groups excluding carboxylic acids is 4. The molecule has 0 fully saturated rings. The molecule has 0 aromatic rings. The highest BCUT2D eigenvalue weighted by Gasteiger charge is 2.30. The molecular weight excluding hydrogens is 1310 g/mol. The summed E-state index contributed by atoms with van der Waals surface area (Å²) in [4.78, 5) is 73.0. The van der Waals surface area contributed by atoms with Crippen LogP contribution in [0.5, 0.6) is 0 Å². The average Bonchev–Trinajstić information content (AvgIpc) is 0.939. The summed E-state index contributed by atoms with van der Waals surface area (Å²) >= 11 is 0. The zero-order valence-corrected chi connectivity index (χ0v) is 67.5. The highest BCUT2D eigenvalue weighted by molar-refractivity contribution is 7.47. The van der Waals surface area contributed by atoms with E-state index in [9.17, 15) is 43.2 Å². The lowest BCUT2D eigenvalue weighted by Crippen LogP contribution is -2.30. The Labute approximate surface area is 613 Å². The lowest BCUT2D eigenvalue weighted by Gasteiger charge is -2.21. The predicted molar refractivity (Wildman–Crippen MR) is 409 cm³/mol. The van der Waals surface area contributed by atoms with Gasteiger partial charge in [-0.2, -0.15) is 0 Å². The summed E-state index contributed by atoms with van der Waals surface area (Å²) in [5.74, 6) is 0.199. The van der Waals surface area contributed by atoms with E-state index in [1.54, 1.807) is 0 Å². The number of aliphatic hydroxyl groups is 1. The number of hydrogen-bond acceptors (Lipinski definition) is 15. The minimum Gasteiger partial charge on any atom is -0.462 e. The normalized spacial score (nSPS) is 14.2. The number of rotatable bonds is 79. The van der Waals surface area contributed by atoms with E-state index >= 15 is 0 Å². The molecule has 0 aliphatic rings. The van der Waals surface area contributed by atoms with Crippen LogP contribution in [0.3, 0.4) is 0 Å². The quantitative estimate of drug-likeness (QED) is 0.0222. The molecule has 0 aliphatic heterocycles. The highest BCUT2D eigenvalue weighted by Crippen LogP contribution is 2.45. The number of esters is 4. The monoisotopic (exact) mass is 1470 g/mol. The van der Waals surface area contributed by atoms with E-state index in [2.05, 4.69) is 48.5 Å². The molecule has 0 radical (unpaired) electrons. The van der Waals surface area contributed by atoms with E-state index in [0.29, 0.717) is 25.7 Å². The summed E-state index contributed by atoms with van der Waals surface area (Å²) in [7, 11) is -9.92. The summed E-state index contributed by atoms with van der Waals surface area (Å²) in [5.41, 5.74) is 0. The largest absolute Gasteiger partial charge is 0.472 e. The first kappa shape index (κ1) is 98.1. The maximum absolute atomic E-state index is 13.1. The average molecular weight is 1470 g/mol. The Morgan fingerprint density at radius 3 is 0.760 bits per heavy atom. The minimum absolute atomic E-state index is 0.105. The molecule has 594 valence electrons. The van der Waals surface area contributed by atoms with Crippen LogP contribution in [0.4, 0.5) is 0 Å². The molecule has 0 heterocycles. The second-order valence-corrected chi connectivity index (χ2v) is 33.3. The van der Waals surface area contributed by atoms with Gasteiger partial charge in [0.25, 0.3) is 0 Å². The Morgan fingerprint density at radius 2 is 0.510 bits per heavy atom. The van der Waals surface area contributed by atoms with Crippen LogP contribution in [0.15, 0.2) is 0 Å². The molecule has 3 N–H and O–H groups in total. The zero-order valence-electron chi connectivity index (χ0n) is 65.7. The summed E-state index contributed by atoms with van der Waals surface area (Å²) in [6.07, 6.45) is 59.6. The van der Waals surface area contributed by atoms with Gasteiger partial charge in [-0.15, -0.1) is 0 Å². The fourth-order valence-electron chi connectivity index (χ4n) is 12.5. The maximum atomic E-state index is 13.1. The summed E-state index contributed by atoms with van der Waals surface area (Å²) in [5, 5.41) is 10.6. The Balaban J connectivity index is 5.25. The molecule has 0 aromatic carbocycles. The summed E-state index contributed by atoms with van der Waals surface area (Å²) in [6, 6.07) is 0. The summed E-state index contributed by atoms with van der Waals surface area (Å²) in [6.45, 7) is 11.9. The number of phosphoric ester groups is 2. The first-order chi connectivity index (χ1) is 48.3. The van der Waals surface area contributed by atoms with Gasteiger partial charge in [-0.25, -0.2) is 9.13 Å². The van der Waals surface area contributed by atoms with Crippen molar-refractivity contribution in [1.82, 2.24) is 0 Å². The molecule has 0 bridgehead atoms. The van der Waals surface area contributed by atoms with Crippen LogP contribution in [0.2, 0.25) is 0 Å². The number of unbranched alkanes of at least 4 members (excludes halogenated alkanes) is 46. The van der Waals surface area contributed by atoms with Crippen LogP contribution in [0, 0.1) is 17.8 Å². The summed E-state index contributed by atoms with van der Waals surface area (Å²) < 4.78 is 68.7. The maximum Gasteiger partial charge on any atom is 0.472 e. The van der Waals surface area contributed by atoms with Gasteiger partial charge >= 0.3 is 39.5 Å². The number of carbonyl (C=O) groups is 4. The van der Waals surface area contributed by atoms with Crippen molar-refractivity contribution in [1.29, 1.82) is 0 Å². The van der Waals surface area contributed by atoms with Gasteiger partial charge in [-0.1, -0.05) is 370 Å². The van der Waals surface area contributed by atoms with Crippen molar-refractivity contribution in [3.63, 3.8) is 0 Å². The van der Waals surface area contributed by atoms with Gasteiger partial charge in [-0.3, -0.25) is 37.3 Å². The van der Waals surface area contributed by atoms with Crippen LogP contribution in [0.1, 0.15) is 421 Å². The molecule has 0 aromatic heterocycles. The molecule has 100 heavy (non-hydrogen) atoms. The molecule has 0 amide bonds. The first-order valence-corrected chi connectivity index (χ1v) is 44.9. The SMILES string of the molecule is CCCCCCCCCCCCCCCCCCCCCCC(=O)O[C@H](COC(=O)CCCCCCCCCCCCCCC(C)C)COP(=O)(O)OC[C@@H](O)COP(=O)(O)OC[C@@H](COC(=O)CCCCCCCCCCC(C)CC)OC(=O)CCCCCCCCCCCCC(C)C. The fraction of sp³-hybridized carbons (Fsp3) is 0.951. The van der Waals surface area contributed by atoms with Crippen molar-refractivity contribution in [2.24, 2.45) is 17.8 Å². The Morgan fingerprint density at radius 1 is 0.290 bits per heavy atom. The topological polar surface area (TPSA) is 237 Å². The third-order valence-corrected chi connectivity index (χ3v) is 21.1. The lowest BCUT2D eigenvalue weighted by molar-refractivity contribution is -0.161. The second kappa shape index (κ2) is 71.3. The molecular formula is C81H158O17P2. The Hall–Kier alpha value is -1.94. The third kappa shape index (κ3) is 73.0. The number of hydrogen-bond donors (Lipinski definition) is 3. The smallest absolute Gasteiger partial charge is 0.462 e. The van der Waals surface area contributed by atoms with Crippen molar-refractivity contribution in [3.05, 3.63) is 0 Å². The van der Waals surface area contributed by atoms with E-state index < -0.39 is 97.5 Å². The number of aliphatic hydroxyl groups excluding tert-OH is 1. The fourth-order valence-corrected chi connectivity index (χ4v) is 14.0. The van der Waals surface area contributed by atoms with Crippen LogP contribution < -0.4 is 0 Å². The minimum atomic E-state index is -4.96. The van der Waals surface area contributed by atoms with Crippen molar-refractivity contribution in [2.45, 2.75) is 439 Å². The van der Waals surface area contributed by atoms with Gasteiger partial charge in [0.15, 0.2) is 12.2 Å². The van der Waals surface area contributed by atoms with Gasteiger partial charge in [-0.05, 0) is 43.4 Å². The lowest BCUT2D eigenvalue weighted by atomic mass is 9.99. The van der Waals surface area contributed by atoms with Crippen LogP contribution in [-0.2, 0) is 65.4 Å².